The molecule has 0 radical (unpaired) electrons. The summed E-state index contributed by atoms with van der Waals surface area (Å²) in [4.78, 5) is 4.48. The van der Waals surface area contributed by atoms with E-state index in [1.54, 1.807) is 0 Å². The lowest BCUT2D eigenvalue weighted by atomic mass is 10.0. The van der Waals surface area contributed by atoms with E-state index < -0.39 is 0 Å². The van der Waals surface area contributed by atoms with E-state index in [1.165, 1.54) is 6.42 Å². The molecule has 1 saturated heterocycles. The molecular weight excluding hydrogens is 214 g/mol. The molecule has 5 nitrogen and oxygen atoms in total. The topological polar surface area (TPSA) is 55.1 Å². The lowest BCUT2D eigenvalue weighted by Crippen LogP contribution is -2.13. The zero-order valence-electron chi connectivity index (χ0n) is 10.3. The van der Waals surface area contributed by atoms with Crippen molar-refractivity contribution in [3.05, 3.63) is 23.4 Å². The van der Waals surface area contributed by atoms with E-state index in [9.17, 15) is 0 Å². The smallest absolute Gasteiger partial charge is 0.164 e. The van der Waals surface area contributed by atoms with Crippen LogP contribution >= 0.6 is 0 Å². The Hall–Kier alpha value is -1.49. The molecule has 1 unspecified atom stereocenters. The van der Waals surface area contributed by atoms with Crippen LogP contribution in [0.4, 0.5) is 0 Å². The van der Waals surface area contributed by atoms with Crippen molar-refractivity contribution < 1.29 is 0 Å². The second kappa shape index (κ2) is 4.07. The molecule has 0 bridgehead atoms. The molecule has 2 aromatic rings. The largest absolute Gasteiger partial charge is 0.316 e. The van der Waals surface area contributed by atoms with Crippen LogP contribution in [0.15, 0.2) is 6.07 Å². The van der Waals surface area contributed by atoms with Gasteiger partial charge in [-0.25, -0.2) is 4.98 Å². The van der Waals surface area contributed by atoms with Gasteiger partial charge in [-0.1, -0.05) is 0 Å². The number of hydrogen-bond donors (Lipinski definition) is 1. The number of nitrogens with zero attached hydrogens (tertiary/aromatic N) is 4. The number of hydrogen-bond acceptors (Lipinski definition) is 4. The highest BCUT2D eigenvalue weighted by Gasteiger charge is 2.18. The van der Waals surface area contributed by atoms with Gasteiger partial charge in [-0.15, -0.1) is 10.2 Å². The summed E-state index contributed by atoms with van der Waals surface area (Å²) in [7, 11) is 0. The Morgan fingerprint density at radius 3 is 3.06 bits per heavy atom. The minimum absolute atomic E-state index is 0.683. The van der Waals surface area contributed by atoms with Crippen molar-refractivity contribution in [2.75, 3.05) is 13.1 Å². The van der Waals surface area contributed by atoms with Gasteiger partial charge in [-0.05, 0) is 39.3 Å². The fraction of sp³-hybridized carbons (Fsp3) is 0.583. The van der Waals surface area contributed by atoms with Crippen LogP contribution in [-0.4, -0.2) is 32.7 Å². The molecule has 1 fully saturated rings. The number of rotatable bonds is 2. The Balaban J connectivity index is 1.99. The normalized spacial score (nSPS) is 20.2. The van der Waals surface area contributed by atoms with Crippen LogP contribution in [0.25, 0.3) is 5.65 Å². The Morgan fingerprint density at radius 1 is 1.41 bits per heavy atom. The zero-order valence-corrected chi connectivity index (χ0v) is 10.3. The molecule has 2 aromatic heterocycles. The maximum atomic E-state index is 4.48. The molecule has 0 spiro atoms. The monoisotopic (exact) mass is 231 g/mol. The van der Waals surface area contributed by atoms with E-state index in [-0.39, 0.29) is 0 Å². The standard InChI is InChI=1S/C12H17N5/c1-8-5-11-15-16-12(17(11)9(2)14-8)6-10-3-4-13-7-10/h5,10,13H,3-4,6-7H2,1-2H3. The number of aromatic nitrogens is 4. The summed E-state index contributed by atoms with van der Waals surface area (Å²) in [5, 5.41) is 11.9. The lowest BCUT2D eigenvalue weighted by Gasteiger charge is -2.08. The molecule has 3 rings (SSSR count). The molecule has 1 N–H and O–H groups in total. The molecule has 1 aliphatic rings. The van der Waals surface area contributed by atoms with E-state index in [2.05, 4.69) is 24.9 Å². The molecule has 0 amide bonds. The van der Waals surface area contributed by atoms with Gasteiger partial charge < -0.3 is 5.32 Å². The fourth-order valence-corrected chi connectivity index (χ4v) is 2.58. The van der Waals surface area contributed by atoms with Crippen molar-refractivity contribution >= 4 is 5.65 Å². The van der Waals surface area contributed by atoms with Gasteiger partial charge in [0.15, 0.2) is 5.65 Å². The molecule has 0 saturated carbocycles. The summed E-state index contributed by atoms with van der Waals surface area (Å²) in [5.74, 6) is 2.70. The first-order chi connectivity index (χ1) is 8.24. The van der Waals surface area contributed by atoms with Crippen LogP contribution in [0.1, 0.15) is 23.8 Å². The van der Waals surface area contributed by atoms with Crippen molar-refractivity contribution in [1.82, 2.24) is 24.9 Å². The van der Waals surface area contributed by atoms with Gasteiger partial charge in [-0.3, -0.25) is 4.40 Å². The van der Waals surface area contributed by atoms with Gasteiger partial charge in [0.25, 0.3) is 0 Å². The second-order valence-corrected chi connectivity index (χ2v) is 4.82. The van der Waals surface area contributed by atoms with Gasteiger partial charge in [-0.2, -0.15) is 0 Å². The van der Waals surface area contributed by atoms with Crippen LogP contribution < -0.4 is 5.32 Å². The third kappa shape index (κ3) is 1.91. The Kier molecular flexibility index (Phi) is 2.55. The fourth-order valence-electron chi connectivity index (χ4n) is 2.58. The van der Waals surface area contributed by atoms with E-state index in [4.69, 9.17) is 0 Å². The van der Waals surface area contributed by atoms with Crippen molar-refractivity contribution in [3.63, 3.8) is 0 Å². The summed E-state index contributed by atoms with van der Waals surface area (Å²) >= 11 is 0. The third-order valence-corrected chi connectivity index (χ3v) is 3.39. The molecule has 90 valence electrons. The molecule has 0 aliphatic carbocycles. The van der Waals surface area contributed by atoms with Crippen molar-refractivity contribution in [2.24, 2.45) is 5.92 Å². The quantitative estimate of drug-likeness (QED) is 0.834. The predicted octanol–water partition coefficient (Wildman–Crippen LogP) is 0.893. The lowest BCUT2D eigenvalue weighted by molar-refractivity contribution is 0.556. The van der Waals surface area contributed by atoms with Gasteiger partial charge in [0.1, 0.15) is 11.6 Å². The molecule has 0 aromatic carbocycles. The number of aryl methyl sites for hydroxylation is 2. The molecule has 3 heterocycles. The molecule has 5 heteroatoms. The van der Waals surface area contributed by atoms with E-state index in [0.29, 0.717) is 5.92 Å². The maximum Gasteiger partial charge on any atom is 0.164 e. The third-order valence-electron chi connectivity index (χ3n) is 3.39. The van der Waals surface area contributed by atoms with Crippen molar-refractivity contribution in [3.8, 4) is 0 Å². The molecule has 1 atom stereocenters. The minimum atomic E-state index is 0.683. The Morgan fingerprint density at radius 2 is 2.29 bits per heavy atom. The molecule has 17 heavy (non-hydrogen) atoms. The first-order valence-electron chi connectivity index (χ1n) is 6.13. The van der Waals surface area contributed by atoms with Crippen molar-refractivity contribution in [1.29, 1.82) is 0 Å². The highest BCUT2D eigenvalue weighted by atomic mass is 15.3. The Bertz CT molecular complexity index is 539. The average molecular weight is 231 g/mol. The predicted molar refractivity (Wildman–Crippen MR) is 64.9 cm³/mol. The highest BCUT2D eigenvalue weighted by Crippen LogP contribution is 2.16. The first kappa shape index (κ1) is 10.7. The molecular formula is C12H17N5. The average Bonchev–Trinajstić information content (AvgIpc) is 2.88. The maximum absolute atomic E-state index is 4.48. The van der Waals surface area contributed by atoms with Gasteiger partial charge in [0.05, 0.1) is 0 Å². The van der Waals surface area contributed by atoms with E-state index in [1.807, 2.05) is 19.9 Å². The summed E-state index contributed by atoms with van der Waals surface area (Å²) < 4.78 is 2.07. The van der Waals surface area contributed by atoms with Crippen molar-refractivity contribution in [2.45, 2.75) is 26.7 Å². The summed E-state index contributed by atoms with van der Waals surface area (Å²) in [6.45, 7) is 6.22. The van der Waals surface area contributed by atoms with E-state index in [0.717, 1.165) is 42.5 Å². The second-order valence-electron chi connectivity index (χ2n) is 4.82. The minimum Gasteiger partial charge on any atom is -0.316 e. The number of fused-ring (bicyclic) bond motifs is 1. The van der Waals surface area contributed by atoms with Gasteiger partial charge in [0, 0.05) is 18.2 Å². The highest BCUT2D eigenvalue weighted by molar-refractivity contribution is 5.39. The van der Waals surface area contributed by atoms with Crippen LogP contribution in [0.5, 0.6) is 0 Å². The van der Waals surface area contributed by atoms with Gasteiger partial charge >= 0.3 is 0 Å². The van der Waals surface area contributed by atoms with Gasteiger partial charge in [0.2, 0.25) is 0 Å². The number of nitrogens with one attached hydrogen (secondary N) is 1. The van der Waals surface area contributed by atoms with Crippen LogP contribution in [0.3, 0.4) is 0 Å². The summed E-state index contributed by atoms with van der Waals surface area (Å²) in [6, 6.07) is 1.98. The first-order valence-corrected chi connectivity index (χ1v) is 6.13. The summed E-state index contributed by atoms with van der Waals surface area (Å²) in [6.07, 6.45) is 2.22. The van der Waals surface area contributed by atoms with Crippen LogP contribution in [-0.2, 0) is 6.42 Å². The van der Waals surface area contributed by atoms with Crippen LogP contribution in [0, 0.1) is 19.8 Å². The summed E-state index contributed by atoms with van der Waals surface area (Å²) in [5.41, 5.74) is 1.91. The SMILES string of the molecule is Cc1cc2nnc(CC3CCNC3)n2c(C)n1. The Labute approximate surface area is 100 Å². The zero-order chi connectivity index (χ0) is 11.8. The van der Waals surface area contributed by atoms with E-state index >= 15 is 0 Å². The molecule has 1 aliphatic heterocycles. The van der Waals surface area contributed by atoms with Crippen LogP contribution in [0.2, 0.25) is 0 Å².